The largest absolute Gasteiger partial charge is 0.481 e. The number of nitrogens with zero attached hydrogens (tertiary/aromatic N) is 1. The van der Waals surface area contributed by atoms with Crippen molar-refractivity contribution < 1.29 is 38.7 Å². The number of nitrogens with one attached hydrogen (secondary N) is 5. The van der Waals surface area contributed by atoms with Gasteiger partial charge in [-0.15, -0.1) is 11.3 Å². The Morgan fingerprint density at radius 2 is 1.19 bits per heavy atom. The molecule has 6 N–H and O–H groups in total. The van der Waals surface area contributed by atoms with Crippen LogP contribution in [0.2, 0.25) is 0 Å². The highest BCUT2D eigenvalue weighted by Crippen LogP contribution is 2.25. The van der Waals surface area contributed by atoms with E-state index in [0.717, 1.165) is 16.0 Å². The normalized spacial score (nSPS) is 21.4. The van der Waals surface area contributed by atoms with E-state index in [9.17, 15) is 38.7 Å². The number of hydrogen-bond donors (Lipinski definition) is 6. The number of carboxylic acids is 1. The maximum Gasteiger partial charge on any atom is 0.308 e. The molecule has 6 amide bonds. The predicted octanol–water partition coefficient (Wildman–Crippen LogP) is 4.81. The zero-order valence-corrected chi connectivity index (χ0v) is 35.9. The lowest BCUT2D eigenvalue weighted by Gasteiger charge is -2.34. The van der Waals surface area contributed by atoms with Crippen LogP contribution in [0.25, 0.3) is 11.1 Å². The first-order valence-corrected chi connectivity index (χ1v) is 22.2. The van der Waals surface area contributed by atoms with Crippen LogP contribution in [0, 0.1) is 5.92 Å². The second-order valence-electron chi connectivity index (χ2n) is 16.1. The smallest absolute Gasteiger partial charge is 0.308 e. The van der Waals surface area contributed by atoms with Crippen molar-refractivity contribution in [2.45, 2.75) is 69.1 Å². The Hall–Kier alpha value is -7.13. The van der Waals surface area contributed by atoms with Crippen LogP contribution in [-0.4, -0.2) is 82.6 Å². The molecule has 0 aliphatic carbocycles. The molecule has 14 nitrogen and oxygen atoms in total. The summed E-state index contributed by atoms with van der Waals surface area (Å²) in [7, 11) is 0. The van der Waals surface area contributed by atoms with Gasteiger partial charge < -0.3 is 36.6 Å². The molecule has 3 aliphatic rings. The lowest BCUT2D eigenvalue weighted by Crippen LogP contribution is -2.58. The molecule has 1 saturated heterocycles. The van der Waals surface area contributed by atoms with E-state index in [1.165, 1.54) is 16.2 Å². The van der Waals surface area contributed by atoms with E-state index in [1.54, 1.807) is 48.5 Å². The molecular weight excluding hydrogens is 833 g/mol. The fourth-order valence-electron chi connectivity index (χ4n) is 7.92. The first kappa shape index (κ1) is 44.9. The first-order chi connectivity index (χ1) is 31.0. The average molecular weight is 883 g/mol. The van der Waals surface area contributed by atoms with Crippen LogP contribution in [-0.2, 0) is 52.8 Å². The summed E-state index contributed by atoms with van der Waals surface area (Å²) in [6.45, 7) is 0.232. The number of likely N-dealkylation sites (tertiary alicyclic amines) is 1. The second-order valence-corrected chi connectivity index (χ2v) is 17.1. The number of carbonyl (C=O) groups is 7. The fourth-order valence-corrected chi connectivity index (χ4v) is 8.67. The van der Waals surface area contributed by atoms with Gasteiger partial charge in [0.15, 0.2) is 0 Å². The van der Waals surface area contributed by atoms with Gasteiger partial charge in [0.25, 0.3) is 0 Å². The standard InChI is InChI=1S/C49H50N6O8S/c56-42-23-24-43(57)51-41(29-38-14-8-26-64-38)46(59)52-39(28-32-15-17-34(18-16-32)33-11-5-2-6-12-33)45(58)53-40(27-31-9-3-1-4-10-31)47(60)54-44(35-19-21-37(50-42)22-20-35)48(61)55-25-7-13-36(30-55)49(62)63/h1-6,8-12,14-22,26,36,39-41,44H,7,13,23-25,27-30H2,(H,50,56)(H,51,57)(H,52,59)(H,53,58)(H,54,60)(H,62,63)/t36-,39+,40-,41-,44?/m1/s1. The molecule has 0 spiro atoms. The minimum Gasteiger partial charge on any atom is -0.481 e. The Bertz CT molecular complexity index is 2430. The van der Waals surface area contributed by atoms with Crippen molar-refractivity contribution in [3.8, 4) is 11.1 Å². The number of thiophene rings is 1. The molecule has 1 fully saturated rings. The van der Waals surface area contributed by atoms with E-state index < -0.39 is 71.5 Å². The summed E-state index contributed by atoms with van der Waals surface area (Å²) in [6, 6.07) is 31.4. The highest BCUT2D eigenvalue weighted by molar-refractivity contribution is 7.09. The number of anilines is 1. The van der Waals surface area contributed by atoms with Gasteiger partial charge in [-0.25, -0.2) is 0 Å². The van der Waals surface area contributed by atoms with Crippen LogP contribution in [0.4, 0.5) is 5.69 Å². The van der Waals surface area contributed by atoms with E-state index in [2.05, 4.69) is 26.6 Å². The summed E-state index contributed by atoms with van der Waals surface area (Å²) in [5.74, 6) is -5.37. The lowest BCUT2D eigenvalue weighted by atomic mass is 9.96. The summed E-state index contributed by atoms with van der Waals surface area (Å²) in [5.41, 5.74) is 4.08. The monoisotopic (exact) mass is 882 g/mol. The van der Waals surface area contributed by atoms with Crippen LogP contribution < -0.4 is 26.6 Å². The highest BCUT2D eigenvalue weighted by atomic mass is 32.1. The Morgan fingerprint density at radius 1 is 0.609 bits per heavy atom. The van der Waals surface area contributed by atoms with Gasteiger partial charge in [0.1, 0.15) is 24.2 Å². The number of hydrogen-bond acceptors (Lipinski definition) is 8. The molecule has 5 atom stereocenters. The molecule has 8 rings (SSSR count). The first-order valence-electron chi connectivity index (χ1n) is 21.3. The number of carbonyl (C=O) groups excluding carboxylic acids is 6. The van der Waals surface area contributed by atoms with Gasteiger partial charge in [-0.05, 0) is 64.2 Å². The van der Waals surface area contributed by atoms with Gasteiger partial charge in [0, 0.05) is 55.8 Å². The Labute approximate surface area is 374 Å². The van der Waals surface area contributed by atoms with Gasteiger partial charge in [0.2, 0.25) is 35.4 Å². The van der Waals surface area contributed by atoms with Gasteiger partial charge in [0.05, 0.1) is 5.92 Å². The van der Waals surface area contributed by atoms with Crippen molar-refractivity contribution in [3.63, 3.8) is 0 Å². The molecule has 1 unspecified atom stereocenters. The minimum atomic E-state index is -1.30. The van der Waals surface area contributed by atoms with Crippen LogP contribution in [0.1, 0.15) is 53.3 Å². The summed E-state index contributed by atoms with van der Waals surface area (Å²) >= 11 is 1.40. The number of carboxylic acid groups (broad SMARTS) is 1. The molecule has 64 heavy (non-hydrogen) atoms. The SMILES string of the molecule is O=C1CCC(=O)N[C@H](Cc2cccs2)C(=O)N[C@@H](Cc2ccc(-c3ccccc3)cc2)C(=O)N[C@H](Cc2ccccc2)C(=O)NC(C(=O)N2CCC[C@@H](C(=O)O)C2)c2ccc(cc2)N1. The third-order valence-corrected chi connectivity index (χ3v) is 12.3. The molecule has 4 heterocycles. The number of fused-ring (bicyclic) bond motifs is 17. The lowest BCUT2D eigenvalue weighted by molar-refractivity contribution is -0.147. The maximum atomic E-state index is 14.7. The molecule has 1 aromatic heterocycles. The van der Waals surface area contributed by atoms with Gasteiger partial charge >= 0.3 is 5.97 Å². The van der Waals surface area contributed by atoms with Crippen LogP contribution in [0.5, 0.6) is 0 Å². The molecule has 5 aromatic rings. The van der Waals surface area contributed by atoms with E-state index in [-0.39, 0.29) is 45.2 Å². The average Bonchev–Trinajstić information content (AvgIpc) is 3.83. The zero-order chi connectivity index (χ0) is 45.0. The van der Waals surface area contributed by atoms with Crippen molar-refractivity contribution >= 4 is 58.4 Å². The van der Waals surface area contributed by atoms with Crippen molar-refractivity contribution in [3.05, 3.63) is 148 Å². The number of benzene rings is 4. The van der Waals surface area contributed by atoms with Gasteiger partial charge in [-0.2, -0.15) is 0 Å². The Morgan fingerprint density at radius 3 is 1.81 bits per heavy atom. The summed E-state index contributed by atoms with van der Waals surface area (Å²) in [6.07, 6.45) is 0.568. The topological polar surface area (TPSA) is 203 Å². The molecule has 15 heteroatoms. The van der Waals surface area contributed by atoms with E-state index in [0.29, 0.717) is 35.2 Å². The van der Waals surface area contributed by atoms with Crippen molar-refractivity contribution in [1.29, 1.82) is 0 Å². The molecule has 0 saturated carbocycles. The van der Waals surface area contributed by atoms with Crippen molar-refractivity contribution in [1.82, 2.24) is 26.2 Å². The van der Waals surface area contributed by atoms with Crippen molar-refractivity contribution in [2.24, 2.45) is 5.92 Å². The predicted molar refractivity (Wildman–Crippen MR) is 242 cm³/mol. The number of rotatable bonds is 9. The molecule has 0 radical (unpaired) electrons. The number of piperidine rings is 1. The summed E-state index contributed by atoms with van der Waals surface area (Å²) < 4.78 is 0. The van der Waals surface area contributed by atoms with Crippen LogP contribution in [0.15, 0.2) is 127 Å². The summed E-state index contributed by atoms with van der Waals surface area (Å²) in [4.78, 5) is 98.7. The van der Waals surface area contributed by atoms with Crippen molar-refractivity contribution in [2.75, 3.05) is 18.4 Å². The number of aliphatic carboxylic acids is 1. The molecular formula is C49H50N6O8S. The van der Waals surface area contributed by atoms with E-state index >= 15 is 0 Å². The Kier molecular flexibility index (Phi) is 14.9. The third kappa shape index (κ3) is 12.1. The molecule has 4 aromatic carbocycles. The van der Waals surface area contributed by atoms with Gasteiger partial charge in [-0.3, -0.25) is 33.6 Å². The van der Waals surface area contributed by atoms with Crippen LogP contribution in [0.3, 0.4) is 0 Å². The molecule has 2 bridgehead atoms. The fraction of sp³-hybridized carbons (Fsp3) is 0.286. The maximum absolute atomic E-state index is 14.7. The quantitative estimate of drug-likeness (QED) is 0.113. The minimum absolute atomic E-state index is 0.0125. The summed E-state index contributed by atoms with van der Waals surface area (Å²) in [5, 5.41) is 25.8. The third-order valence-electron chi connectivity index (χ3n) is 11.4. The van der Waals surface area contributed by atoms with Gasteiger partial charge in [-0.1, -0.05) is 103 Å². The highest BCUT2D eigenvalue weighted by Gasteiger charge is 2.36. The van der Waals surface area contributed by atoms with E-state index in [4.69, 9.17) is 0 Å². The molecule has 330 valence electrons. The van der Waals surface area contributed by atoms with Crippen LogP contribution >= 0.6 is 11.3 Å². The zero-order valence-electron chi connectivity index (χ0n) is 35.0. The Balaban J connectivity index is 1.25. The molecule has 3 aliphatic heterocycles. The van der Waals surface area contributed by atoms with E-state index in [1.807, 2.05) is 78.2 Å². The second kappa shape index (κ2) is 21.3. The number of amides is 6.